The second-order valence-electron chi connectivity index (χ2n) is 11.0. The first-order chi connectivity index (χ1) is 14.7. The van der Waals surface area contributed by atoms with E-state index in [0.717, 1.165) is 12.8 Å². The van der Waals surface area contributed by atoms with Gasteiger partial charge < -0.3 is 0 Å². The maximum absolute atomic E-state index is 3.58. The van der Waals surface area contributed by atoms with E-state index in [2.05, 4.69) is 120 Å². The third-order valence-corrected chi connectivity index (χ3v) is 37.8. The minimum absolute atomic E-state index is 1.16. The van der Waals surface area contributed by atoms with Crippen molar-refractivity contribution in [3.05, 3.63) is 100 Å². The van der Waals surface area contributed by atoms with Gasteiger partial charge in [0.05, 0.1) is 0 Å². The fourth-order valence-corrected chi connectivity index (χ4v) is 51.8. The summed E-state index contributed by atoms with van der Waals surface area (Å²) in [5.41, 5.74) is 0. The fourth-order valence-electron chi connectivity index (χ4n) is 5.55. The van der Waals surface area contributed by atoms with E-state index in [1.165, 1.54) is 0 Å². The van der Waals surface area contributed by atoms with Crippen molar-refractivity contribution in [2.24, 2.45) is 0 Å². The summed E-state index contributed by atoms with van der Waals surface area (Å²) >= 11 is -7.63. The molecule has 0 saturated heterocycles. The number of hydrogen-bond donors (Lipinski definition) is 0. The monoisotopic (exact) mass is 700 g/mol. The third-order valence-electron chi connectivity index (χ3n) is 6.80. The summed E-state index contributed by atoms with van der Waals surface area (Å²) in [4.78, 5) is 0. The summed E-state index contributed by atoms with van der Waals surface area (Å²) < 4.78 is 10.6. The van der Waals surface area contributed by atoms with Crippen LogP contribution in [0.1, 0.15) is 12.8 Å². The van der Waals surface area contributed by atoms with Gasteiger partial charge in [-0.25, -0.2) is 0 Å². The first-order valence-electron chi connectivity index (χ1n) is 11.6. The molecule has 0 N–H and O–H groups in total. The van der Waals surface area contributed by atoms with Gasteiger partial charge in [-0.05, 0) is 0 Å². The molecule has 3 heteroatoms. The van der Waals surface area contributed by atoms with Crippen LogP contribution in [-0.2, 0) is 20.0 Å². The average Bonchev–Trinajstić information content (AvgIpc) is 3.41. The summed E-state index contributed by atoms with van der Waals surface area (Å²) in [5, 5.41) is 0. The molecule has 4 rings (SSSR count). The molecule has 31 heavy (non-hydrogen) atoms. The standard InChI is InChI=1S/2C8H13Ge.2C6H5.Hf/c2*1-9(2,3)8-6-4-5-7-8;2*1-2-4-6-5-3-1;/h2*4,6H,5H2,1-3H3;2*1-5H;. The summed E-state index contributed by atoms with van der Waals surface area (Å²) in [5.74, 6) is 15.5. The second-order valence-corrected chi connectivity index (χ2v) is 46.0. The molecule has 2 aliphatic rings. The van der Waals surface area contributed by atoms with Gasteiger partial charge in [-0.1, -0.05) is 0 Å². The number of hydrogen-bond acceptors (Lipinski definition) is 0. The molecule has 2 aromatic carbocycles. The van der Waals surface area contributed by atoms with Gasteiger partial charge >= 0.3 is 201 Å². The number of allylic oxidation sites excluding steroid dienone is 8. The average molecular weight is 696 g/mol. The van der Waals surface area contributed by atoms with Crippen LogP contribution in [-0.4, -0.2) is 26.5 Å². The van der Waals surface area contributed by atoms with E-state index in [9.17, 15) is 0 Å². The van der Waals surface area contributed by atoms with Crippen LogP contribution in [0.2, 0.25) is 34.5 Å². The van der Waals surface area contributed by atoms with Gasteiger partial charge in [0.1, 0.15) is 0 Å². The van der Waals surface area contributed by atoms with Gasteiger partial charge in [0.2, 0.25) is 0 Å². The van der Waals surface area contributed by atoms with Gasteiger partial charge in [0.25, 0.3) is 0 Å². The Kier molecular flexibility index (Phi) is 6.79. The van der Waals surface area contributed by atoms with Crippen molar-refractivity contribution in [1.29, 1.82) is 0 Å². The molecule has 2 aromatic rings. The number of benzene rings is 2. The SMILES string of the molecule is [CH3][Ge]([CH3])([CH3])[C]1=[C]([Hf]([C]2=[C]([Ge]([CH3])([CH3])[CH3])C=CC2)([c]2ccccc2)[c]2ccccc2)CC=C1. The molecule has 0 radical (unpaired) electrons. The third kappa shape index (κ3) is 4.31. The van der Waals surface area contributed by atoms with Gasteiger partial charge in [-0.2, -0.15) is 0 Å². The Balaban J connectivity index is 2.18. The molecular formula is C28H36Ge2Hf. The molecule has 160 valence electrons. The van der Waals surface area contributed by atoms with Crippen LogP contribution in [0.25, 0.3) is 0 Å². The Bertz CT molecular complexity index is 986. The van der Waals surface area contributed by atoms with E-state index in [0.29, 0.717) is 0 Å². The van der Waals surface area contributed by atoms with Gasteiger partial charge in [0, 0.05) is 0 Å². The summed E-state index contributed by atoms with van der Waals surface area (Å²) in [6.07, 6.45) is 12.4. The Hall–Kier alpha value is -0.644. The van der Waals surface area contributed by atoms with Gasteiger partial charge in [-0.15, -0.1) is 0 Å². The van der Waals surface area contributed by atoms with E-state index >= 15 is 0 Å². The molecule has 2 aliphatic carbocycles. The van der Waals surface area contributed by atoms with Crippen molar-refractivity contribution < 1.29 is 20.0 Å². The number of rotatable bonds is 6. The predicted molar refractivity (Wildman–Crippen MR) is 140 cm³/mol. The van der Waals surface area contributed by atoms with Gasteiger partial charge in [0.15, 0.2) is 0 Å². The topological polar surface area (TPSA) is 0 Å². The molecule has 0 amide bonds. The first kappa shape index (κ1) is 23.5. The normalized spacial score (nSPS) is 17.2. The Labute approximate surface area is 199 Å². The fraction of sp³-hybridized carbons (Fsp3) is 0.286. The van der Waals surface area contributed by atoms with Crippen molar-refractivity contribution in [2.45, 2.75) is 47.4 Å². The quantitative estimate of drug-likeness (QED) is 0.287. The van der Waals surface area contributed by atoms with E-state index in [-0.39, 0.29) is 0 Å². The molecule has 0 unspecified atom stereocenters. The van der Waals surface area contributed by atoms with E-state index < -0.39 is 46.5 Å². The Morgan fingerprint density at radius 2 is 0.903 bits per heavy atom. The van der Waals surface area contributed by atoms with Crippen molar-refractivity contribution >= 4 is 33.2 Å². The van der Waals surface area contributed by atoms with E-state index in [1.807, 2.05) is 6.66 Å². The van der Waals surface area contributed by atoms with Crippen LogP contribution in [0.5, 0.6) is 0 Å². The zero-order chi connectivity index (χ0) is 22.3. The van der Waals surface area contributed by atoms with Crippen molar-refractivity contribution in [3.63, 3.8) is 0 Å². The maximum atomic E-state index is 2.59. The Morgan fingerprint density at radius 1 is 0.548 bits per heavy atom. The summed E-state index contributed by atoms with van der Waals surface area (Å²) in [6, 6.07) is 23.4. The zero-order valence-corrected chi connectivity index (χ0v) is 27.8. The van der Waals surface area contributed by atoms with Gasteiger partial charge in [-0.3, -0.25) is 0 Å². The van der Waals surface area contributed by atoms with Crippen molar-refractivity contribution in [2.75, 3.05) is 0 Å². The van der Waals surface area contributed by atoms with E-state index in [1.54, 1.807) is 15.5 Å². The van der Waals surface area contributed by atoms with Crippen molar-refractivity contribution in [1.82, 2.24) is 0 Å². The predicted octanol–water partition coefficient (Wildman–Crippen LogP) is 6.97. The molecule has 0 saturated carbocycles. The molecular weight excluding hydrogens is 660 g/mol. The first-order valence-corrected chi connectivity index (χ1v) is 33.5. The van der Waals surface area contributed by atoms with Crippen LogP contribution in [0.4, 0.5) is 0 Å². The van der Waals surface area contributed by atoms with Crippen LogP contribution in [0.15, 0.2) is 100 Å². The zero-order valence-electron chi connectivity index (χ0n) is 20.0. The molecule has 0 spiro atoms. The van der Waals surface area contributed by atoms with Crippen LogP contribution < -0.4 is 6.64 Å². The molecule has 0 heterocycles. The molecule has 0 fully saturated rings. The molecule has 0 nitrogen and oxygen atoms in total. The summed E-state index contributed by atoms with van der Waals surface area (Å²) in [6.45, 7) is 0. The molecule has 0 aliphatic heterocycles. The van der Waals surface area contributed by atoms with E-state index in [4.69, 9.17) is 0 Å². The summed E-state index contributed by atoms with van der Waals surface area (Å²) in [7, 11) is 0. The van der Waals surface area contributed by atoms with Crippen LogP contribution in [0, 0.1) is 0 Å². The van der Waals surface area contributed by atoms with Crippen LogP contribution in [0.3, 0.4) is 0 Å². The Morgan fingerprint density at radius 3 is 1.23 bits per heavy atom. The molecule has 0 atom stereocenters. The molecule has 0 aromatic heterocycles. The van der Waals surface area contributed by atoms with Crippen LogP contribution >= 0.6 is 0 Å². The minimum atomic E-state index is -3.58. The van der Waals surface area contributed by atoms with Crippen molar-refractivity contribution in [3.8, 4) is 0 Å². The second kappa shape index (κ2) is 8.95. The molecule has 0 bridgehead atoms.